The molecule has 1 saturated carbocycles. The van der Waals surface area contributed by atoms with Gasteiger partial charge in [0, 0.05) is 31.5 Å². The van der Waals surface area contributed by atoms with Crippen molar-refractivity contribution in [1.29, 1.82) is 0 Å². The summed E-state index contributed by atoms with van der Waals surface area (Å²) < 4.78 is 13.4. The third-order valence-electron chi connectivity index (χ3n) is 6.63. The van der Waals surface area contributed by atoms with Crippen LogP contribution < -0.4 is 10.6 Å². The number of aromatic nitrogens is 5. The molecule has 2 N–H and O–H groups in total. The van der Waals surface area contributed by atoms with E-state index in [-0.39, 0.29) is 12.5 Å². The summed E-state index contributed by atoms with van der Waals surface area (Å²) >= 11 is 0. The van der Waals surface area contributed by atoms with E-state index < -0.39 is 5.60 Å². The Kier molecular flexibility index (Phi) is 6.51. The van der Waals surface area contributed by atoms with E-state index in [0.717, 1.165) is 47.5 Å². The summed E-state index contributed by atoms with van der Waals surface area (Å²) in [6, 6.07) is 13.8. The molecule has 0 bridgehead atoms. The molecule has 0 unspecified atom stereocenters. The van der Waals surface area contributed by atoms with Crippen LogP contribution in [0.25, 0.3) is 23.0 Å². The van der Waals surface area contributed by atoms with Crippen molar-refractivity contribution in [2.45, 2.75) is 38.3 Å². The highest BCUT2D eigenvalue weighted by atomic mass is 16.5. The molecule has 186 valence electrons. The fourth-order valence-electron chi connectivity index (χ4n) is 4.27. The quantitative estimate of drug-likeness (QED) is 0.368. The van der Waals surface area contributed by atoms with Gasteiger partial charge in [-0.1, -0.05) is 35.5 Å². The number of amides is 1. The molecule has 1 amide bonds. The van der Waals surface area contributed by atoms with E-state index in [1.54, 1.807) is 7.05 Å². The largest absolute Gasteiger partial charge is 0.373 e. The maximum absolute atomic E-state index is 11.7. The molecule has 0 saturated heterocycles. The van der Waals surface area contributed by atoms with Gasteiger partial charge in [0.1, 0.15) is 12.4 Å². The van der Waals surface area contributed by atoms with Gasteiger partial charge in [-0.15, -0.1) is 0 Å². The summed E-state index contributed by atoms with van der Waals surface area (Å²) in [6.07, 6.45) is 4.70. The van der Waals surface area contributed by atoms with Gasteiger partial charge in [-0.25, -0.2) is 4.98 Å². The van der Waals surface area contributed by atoms with E-state index in [1.165, 1.54) is 0 Å². The number of anilines is 1. The van der Waals surface area contributed by atoms with Crippen molar-refractivity contribution in [3.05, 3.63) is 65.5 Å². The van der Waals surface area contributed by atoms with Gasteiger partial charge in [-0.3, -0.25) is 9.48 Å². The Morgan fingerprint density at radius 3 is 2.61 bits per heavy atom. The molecule has 0 spiro atoms. The standard InChI is InChI=1S/C26H29N7O3/c1-17-13-21(31-33(17)15-18-5-10-22(27-2)29-14-18)25-30-24(32-36-25)19-6-8-20(9-7-19)26(11-4-12-26)35-16-23(34)28-3/h5-10,13-14H,4,11-12,15-16H2,1-3H3,(H,27,29)(H,28,34). The highest BCUT2D eigenvalue weighted by molar-refractivity contribution is 5.76. The number of rotatable bonds is 9. The molecule has 0 aliphatic heterocycles. The number of nitrogens with zero attached hydrogens (tertiary/aromatic N) is 5. The zero-order valence-corrected chi connectivity index (χ0v) is 20.6. The van der Waals surface area contributed by atoms with E-state index in [2.05, 4.69) is 30.9 Å². The number of hydrogen-bond donors (Lipinski definition) is 2. The fourth-order valence-corrected chi connectivity index (χ4v) is 4.27. The fraction of sp³-hybridized carbons (Fsp3) is 0.346. The Bertz CT molecular complexity index is 1340. The lowest BCUT2D eigenvalue weighted by Crippen LogP contribution is -2.40. The average Bonchev–Trinajstić information content (AvgIpc) is 3.51. The predicted octanol–water partition coefficient (Wildman–Crippen LogP) is 3.54. The molecule has 1 aliphatic rings. The minimum absolute atomic E-state index is 0.0519. The van der Waals surface area contributed by atoms with E-state index in [4.69, 9.17) is 9.26 Å². The van der Waals surface area contributed by atoms with Crippen molar-refractivity contribution < 1.29 is 14.1 Å². The zero-order chi connectivity index (χ0) is 25.1. The van der Waals surface area contributed by atoms with Crippen molar-refractivity contribution in [3.63, 3.8) is 0 Å². The second-order valence-electron chi connectivity index (χ2n) is 8.94. The third kappa shape index (κ3) is 4.72. The first-order valence-corrected chi connectivity index (χ1v) is 12.0. The summed E-state index contributed by atoms with van der Waals surface area (Å²) in [6.45, 7) is 2.63. The van der Waals surface area contributed by atoms with Gasteiger partial charge in [0.2, 0.25) is 11.7 Å². The Balaban J connectivity index is 1.30. The number of carbonyl (C=O) groups is 1. The van der Waals surface area contributed by atoms with Crippen LogP contribution in [0.15, 0.2) is 53.2 Å². The molecule has 0 atom stereocenters. The molecule has 0 radical (unpaired) electrons. The lowest BCUT2D eigenvalue weighted by molar-refractivity contribution is -0.143. The van der Waals surface area contributed by atoms with Crippen LogP contribution in [0.2, 0.25) is 0 Å². The highest BCUT2D eigenvalue weighted by Crippen LogP contribution is 2.45. The molecule has 5 rings (SSSR count). The first-order valence-electron chi connectivity index (χ1n) is 12.0. The van der Waals surface area contributed by atoms with Crippen LogP contribution in [0.5, 0.6) is 0 Å². The second kappa shape index (κ2) is 9.90. The summed E-state index contributed by atoms with van der Waals surface area (Å²) in [5.41, 5.74) is 4.13. The number of hydrogen-bond acceptors (Lipinski definition) is 8. The normalized spacial score (nSPS) is 14.3. The maximum Gasteiger partial charge on any atom is 0.278 e. The molecule has 4 aromatic rings. The van der Waals surface area contributed by atoms with Crippen molar-refractivity contribution in [2.24, 2.45) is 0 Å². The lowest BCUT2D eigenvalue weighted by atomic mass is 9.74. The van der Waals surface area contributed by atoms with Gasteiger partial charge in [0.25, 0.3) is 5.89 Å². The number of carbonyl (C=O) groups excluding carboxylic acids is 1. The number of benzene rings is 1. The average molecular weight is 488 g/mol. The molecule has 3 aromatic heterocycles. The van der Waals surface area contributed by atoms with Gasteiger partial charge in [-0.2, -0.15) is 10.1 Å². The molecular weight excluding hydrogens is 458 g/mol. The first kappa shape index (κ1) is 23.7. The van der Waals surface area contributed by atoms with Crippen molar-refractivity contribution in [2.75, 3.05) is 26.0 Å². The number of aryl methyl sites for hydroxylation is 1. The number of likely N-dealkylation sites (N-methyl/N-ethyl adjacent to an activating group) is 1. The minimum Gasteiger partial charge on any atom is -0.373 e. The topological polar surface area (TPSA) is 120 Å². The van der Waals surface area contributed by atoms with Crippen molar-refractivity contribution in [1.82, 2.24) is 30.2 Å². The first-order chi connectivity index (χ1) is 17.5. The molecule has 10 heteroatoms. The zero-order valence-electron chi connectivity index (χ0n) is 20.6. The van der Waals surface area contributed by atoms with E-state index in [1.807, 2.05) is 67.3 Å². The summed E-state index contributed by atoms with van der Waals surface area (Å²) in [5.74, 6) is 1.55. The smallest absolute Gasteiger partial charge is 0.278 e. The summed E-state index contributed by atoms with van der Waals surface area (Å²) in [5, 5.41) is 14.4. The van der Waals surface area contributed by atoms with Gasteiger partial charge < -0.3 is 19.9 Å². The van der Waals surface area contributed by atoms with E-state index >= 15 is 0 Å². The van der Waals surface area contributed by atoms with Crippen LogP contribution in [0, 0.1) is 6.92 Å². The van der Waals surface area contributed by atoms with Crippen LogP contribution in [-0.2, 0) is 21.7 Å². The van der Waals surface area contributed by atoms with Crippen molar-refractivity contribution in [3.8, 4) is 23.0 Å². The van der Waals surface area contributed by atoms with Crippen molar-refractivity contribution >= 4 is 11.7 Å². The van der Waals surface area contributed by atoms with Gasteiger partial charge in [0.05, 0.1) is 12.1 Å². The number of pyridine rings is 1. The van der Waals surface area contributed by atoms with Gasteiger partial charge in [0.15, 0.2) is 5.69 Å². The van der Waals surface area contributed by atoms with E-state index in [0.29, 0.717) is 24.0 Å². The molecule has 36 heavy (non-hydrogen) atoms. The molecule has 1 aliphatic carbocycles. The van der Waals surface area contributed by atoms with Crippen LogP contribution in [0.4, 0.5) is 5.82 Å². The Morgan fingerprint density at radius 2 is 1.97 bits per heavy atom. The van der Waals surface area contributed by atoms with Crippen LogP contribution in [0.3, 0.4) is 0 Å². The molecule has 10 nitrogen and oxygen atoms in total. The van der Waals surface area contributed by atoms with Crippen LogP contribution in [-0.4, -0.2) is 51.5 Å². The molecular formula is C26H29N7O3. The molecule has 3 heterocycles. The Morgan fingerprint density at radius 1 is 1.17 bits per heavy atom. The Hall–Kier alpha value is -4.05. The van der Waals surface area contributed by atoms with Crippen LogP contribution in [0.1, 0.15) is 36.1 Å². The monoisotopic (exact) mass is 487 g/mol. The molecule has 1 aromatic carbocycles. The second-order valence-corrected chi connectivity index (χ2v) is 8.94. The van der Waals surface area contributed by atoms with Crippen LogP contribution >= 0.6 is 0 Å². The summed E-state index contributed by atoms with van der Waals surface area (Å²) in [7, 11) is 3.45. The lowest BCUT2D eigenvalue weighted by Gasteiger charge is -2.42. The van der Waals surface area contributed by atoms with Gasteiger partial charge in [-0.05, 0) is 49.4 Å². The predicted molar refractivity (Wildman–Crippen MR) is 134 cm³/mol. The Labute approximate surface area is 209 Å². The third-order valence-corrected chi connectivity index (χ3v) is 6.63. The number of ether oxygens (including phenoxy) is 1. The SMILES string of the molecule is CNC(=O)COC1(c2ccc(-c3noc(-c4cc(C)n(Cc5ccc(NC)nc5)n4)n3)cc2)CCC1. The summed E-state index contributed by atoms with van der Waals surface area (Å²) in [4.78, 5) is 20.6. The number of nitrogens with one attached hydrogen (secondary N) is 2. The maximum atomic E-state index is 11.7. The highest BCUT2D eigenvalue weighted by Gasteiger charge is 2.40. The molecule has 1 fully saturated rings. The van der Waals surface area contributed by atoms with Gasteiger partial charge >= 0.3 is 0 Å². The van der Waals surface area contributed by atoms with E-state index in [9.17, 15) is 4.79 Å². The minimum atomic E-state index is -0.402.